The van der Waals surface area contributed by atoms with Crippen LogP contribution < -0.4 is 5.32 Å². The lowest BCUT2D eigenvalue weighted by molar-refractivity contribution is -0.143. The van der Waals surface area contributed by atoms with Crippen LogP contribution in [0.3, 0.4) is 0 Å². The van der Waals surface area contributed by atoms with Crippen molar-refractivity contribution in [3.8, 4) is 0 Å². The van der Waals surface area contributed by atoms with E-state index >= 15 is 0 Å². The van der Waals surface area contributed by atoms with Gasteiger partial charge in [-0.15, -0.1) is 0 Å². The monoisotopic (exact) mass is 241 g/mol. The van der Waals surface area contributed by atoms with Gasteiger partial charge in [0.25, 0.3) is 0 Å². The van der Waals surface area contributed by atoms with Crippen LogP contribution >= 0.6 is 0 Å². The molecule has 0 heterocycles. The van der Waals surface area contributed by atoms with E-state index in [9.17, 15) is 4.79 Å². The summed E-state index contributed by atoms with van der Waals surface area (Å²) < 4.78 is 4.97. The SMILES string of the molecule is CCOC(=O)CC(C)NC1CC(C)CC(C)C1. The molecule has 1 N–H and O–H groups in total. The fourth-order valence-electron chi connectivity index (χ4n) is 3.01. The molecule has 17 heavy (non-hydrogen) atoms. The van der Waals surface area contributed by atoms with Gasteiger partial charge in [-0.3, -0.25) is 4.79 Å². The van der Waals surface area contributed by atoms with E-state index in [-0.39, 0.29) is 12.0 Å². The lowest BCUT2D eigenvalue weighted by Crippen LogP contribution is -2.42. The molecule has 0 aliphatic heterocycles. The zero-order valence-corrected chi connectivity index (χ0v) is 11.7. The third kappa shape index (κ3) is 5.53. The molecule has 0 aromatic rings. The molecule has 3 nitrogen and oxygen atoms in total. The van der Waals surface area contributed by atoms with Crippen LogP contribution in [0.5, 0.6) is 0 Å². The number of hydrogen-bond donors (Lipinski definition) is 1. The molecule has 0 aromatic heterocycles. The Morgan fingerprint density at radius 1 is 1.29 bits per heavy atom. The molecule has 1 rings (SSSR count). The topological polar surface area (TPSA) is 38.3 Å². The van der Waals surface area contributed by atoms with Crippen molar-refractivity contribution in [1.29, 1.82) is 0 Å². The summed E-state index contributed by atoms with van der Waals surface area (Å²) in [7, 11) is 0. The van der Waals surface area contributed by atoms with E-state index in [0.29, 0.717) is 19.1 Å². The van der Waals surface area contributed by atoms with Crippen LogP contribution in [0, 0.1) is 11.8 Å². The Labute approximate surface area is 105 Å². The van der Waals surface area contributed by atoms with E-state index in [4.69, 9.17) is 4.74 Å². The summed E-state index contributed by atoms with van der Waals surface area (Å²) in [5.41, 5.74) is 0. The molecule has 1 saturated carbocycles. The first kappa shape index (κ1) is 14.5. The van der Waals surface area contributed by atoms with Gasteiger partial charge in [0, 0.05) is 12.1 Å². The lowest BCUT2D eigenvalue weighted by atomic mass is 9.80. The van der Waals surface area contributed by atoms with Gasteiger partial charge in [-0.25, -0.2) is 0 Å². The Kier molecular flexibility index (Phi) is 5.96. The van der Waals surface area contributed by atoms with Crippen molar-refractivity contribution >= 4 is 5.97 Å². The molecule has 100 valence electrons. The van der Waals surface area contributed by atoms with Gasteiger partial charge in [-0.05, 0) is 44.9 Å². The molecule has 1 fully saturated rings. The van der Waals surface area contributed by atoms with Crippen LogP contribution in [0.15, 0.2) is 0 Å². The largest absolute Gasteiger partial charge is 0.466 e. The molecule has 0 amide bonds. The average molecular weight is 241 g/mol. The Bertz CT molecular complexity index is 232. The summed E-state index contributed by atoms with van der Waals surface area (Å²) in [6, 6.07) is 0.787. The van der Waals surface area contributed by atoms with Crippen molar-refractivity contribution in [2.75, 3.05) is 6.61 Å². The van der Waals surface area contributed by atoms with Crippen molar-refractivity contribution in [2.24, 2.45) is 11.8 Å². The maximum Gasteiger partial charge on any atom is 0.307 e. The number of carbonyl (C=O) groups is 1. The zero-order chi connectivity index (χ0) is 12.8. The van der Waals surface area contributed by atoms with E-state index in [1.165, 1.54) is 19.3 Å². The molecule has 3 unspecified atom stereocenters. The van der Waals surface area contributed by atoms with Crippen LogP contribution in [0.1, 0.15) is 53.4 Å². The molecule has 3 heteroatoms. The quantitative estimate of drug-likeness (QED) is 0.752. The molecular weight excluding hydrogens is 214 g/mol. The van der Waals surface area contributed by atoms with Gasteiger partial charge in [-0.1, -0.05) is 13.8 Å². The Hall–Kier alpha value is -0.570. The predicted molar refractivity (Wildman–Crippen MR) is 69.8 cm³/mol. The number of carbonyl (C=O) groups excluding carboxylic acids is 1. The first-order valence-corrected chi connectivity index (χ1v) is 6.92. The molecule has 0 saturated heterocycles. The minimum atomic E-state index is -0.0931. The summed E-state index contributed by atoms with van der Waals surface area (Å²) in [4.78, 5) is 11.4. The predicted octanol–water partition coefficient (Wildman–Crippen LogP) is 2.74. The van der Waals surface area contributed by atoms with Crippen LogP contribution in [-0.2, 0) is 9.53 Å². The molecule has 0 aromatic carbocycles. The number of rotatable bonds is 5. The van der Waals surface area contributed by atoms with Crippen LogP contribution in [-0.4, -0.2) is 24.7 Å². The fourth-order valence-corrected chi connectivity index (χ4v) is 3.01. The first-order valence-electron chi connectivity index (χ1n) is 6.92. The second-order valence-electron chi connectivity index (χ2n) is 5.69. The van der Waals surface area contributed by atoms with Crippen molar-refractivity contribution in [3.63, 3.8) is 0 Å². The summed E-state index contributed by atoms with van der Waals surface area (Å²) in [6.45, 7) is 9.03. The Morgan fingerprint density at radius 2 is 1.88 bits per heavy atom. The first-order chi connectivity index (χ1) is 8.01. The number of ether oxygens (including phenoxy) is 1. The fraction of sp³-hybridized carbons (Fsp3) is 0.929. The Morgan fingerprint density at radius 3 is 2.41 bits per heavy atom. The molecule has 0 radical (unpaired) electrons. The highest BCUT2D eigenvalue weighted by Gasteiger charge is 2.25. The number of nitrogens with one attached hydrogen (secondary N) is 1. The smallest absolute Gasteiger partial charge is 0.307 e. The van der Waals surface area contributed by atoms with Gasteiger partial charge < -0.3 is 10.1 Å². The highest BCUT2D eigenvalue weighted by molar-refractivity contribution is 5.70. The van der Waals surface area contributed by atoms with E-state index in [1.54, 1.807) is 0 Å². The van der Waals surface area contributed by atoms with E-state index in [2.05, 4.69) is 26.1 Å². The molecule has 1 aliphatic carbocycles. The summed E-state index contributed by atoms with van der Waals surface area (Å²) >= 11 is 0. The minimum absolute atomic E-state index is 0.0931. The molecule has 1 aliphatic rings. The number of esters is 1. The lowest BCUT2D eigenvalue weighted by Gasteiger charge is -2.33. The third-order valence-corrected chi connectivity index (χ3v) is 3.48. The van der Waals surface area contributed by atoms with Crippen LogP contribution in [0.4, 0.5) is 0 Å². The average Bonchev–Trinajstić information content (AvgIpc) is 2.14. The van der Waals surface area contributed by atoms with Gasteiger partial charge in [0.15, 0.2) is 0 Å². The third-order valence-electron chi connectivity index (χ3n) is 3.48. The molecular formula is C14H27NO2. The summed E-state index contributed by atoms with van der Waals surface area (Å²) in [6.07, 6.45) is 4.28. The molecule has 0 bridgehead atoms. The standard InChI is InChI=1S/C14H27NO2/c1-5-17-14(16)9-12(4)15-13-7-10(2)6-11(3)8-13/h10-13,15H,5-9H2,1-4H3. The van der Waals surface area contributed by atoms with Gasteiger partial charge >= 0.3 is 5.97 Å². The van der Waals surface area contributed by atoms with E-state index in [1.807, 2.05) is 6.92 Å². The minimum Gasteiger partial charge on any atom is -0.466 e. The van der Waals surface area contributed by atoms with Crippen LogP contribution in [0.2, 0.25) is 0 Å². The van der Waals surface area contributed by atoms with Crippen molar-refractivity contribution < 1.29 is 9.53 Å². The highest BCUT2D eigenvalue weighted by Crippen LogP contribution is 2.28. The maximum absolute atomic E-state index is 11.4. The normalized spacial score (nSPS) is 30.9. The molecule has 3 atom stereocenters. The van der Waals surface area contributed by atoms with Crippen molar-refractivity contribution in [2.45, 2.75) is 65.5 Å². The second kappa shape index (κ2) is 7.00. The highest BCUT2D eigenvalue weighted by atomic mass is 16.5. The number of hydrogen-bond acceptors (Lipinski definition) is 3. The summed E-state index contributed by atoms with van der Waals surface area (Å²) in [5.74, 6) is 1.50. The van der Waals surface area contributed by atoms with E-state index < -0.39 is 0 Å². The van der Waals surface area contributed by atoms with Crippen LogP contribution in [0.25, 0.3) is 0 Å². The van der Waals surface area contributed by atoms with E-state index in [0.717, 1.165) is 11.8 Å². The van der Waals surface area contributed by atoms with Gasteiger partial charge in [0.2, 0.25) is 0 Å². The zero-order valence-electron chi connectivity index (χ0n) is 11.7. The summed E-state index contributed by atoms with van der Waals surface area (Å²) in [5, 5.41) is 3.57. The Balaban J connectivity index is 2.30. The maximum atomic E-state index is 11.4. The van der Waals surface area contributed by atoms with Gasteiger partial charge in [0.1, 0.15) is 0 Å². The second-order valence-corrected chi connectivity index (χ2v) is 5.69. The van der Waals surface area contributed by atoms with Crippen molar-refractivity contribution in [3.05, 3.63) is 0 Å². The van der Waals surface area contributed by atoms with Gasteiger partial charge in [0.05, 0.1) is 13.0 Å². The molecule has 0 spiro atoms. The van der Waals surface area contributed by atoms with Gasteiger partial charge in [-0.2, -0.15) is 0 Å². The van der Waals surface area contributed by atoms with Crippen molar-refractivity contribution in [1.82, 2.24) is 5.32 Å².